The smallest absolute Gasteiger partial charge is 0.271 e. The van der Waals surface area contributed by atoms with Crippen molar-refractivity contribution >= 4 is 22.1 Å². The highest BCUT2D eigenvalue weighted by Gasteiger charge is 2.26. The fourth-order valence-corrected chi connectivity index (χ4v) is 4.85. The lowest BCUT2D eigenvalue weighted by Crippen LogP contribution is -2.35. The molecule has 8 nitrogen and oxygen atoms in total. The van der Waals surface area contributed by atoms with Crippen LogP contribution in [0.3, 0.4) is 0 Å². The minimum Gasteiger partial charge on any atom is -0.493 e. The van der Waals surface area contributed by atoms with Crippen LogP contribution in [0.25, 0.3) is 0 Å². The molecule has 0 radical (unpaired) electrons. The van der Waals surface area contributed by atoms with Crippen LogP contribution >= 0.6 is 0 Å². The number of piperidine rings is 1. The molecule has 1 N–H and O–H groups in total. The van der Waals surface area contributed by atoms with E-state index >= 15 is 0 Å². The predicted octanol–water partition coefficient (Wildman–Crippen LogP) is 2.64. The SMILES string of the molecule is COc1cccc(/C=N\NC(=O)c2cccc(S(=O)(=O)N3CCCCC3)c2)c1OC. The Labute approximate surface area is 176 Å². The number of ether oxygens (including phenoxy) is 2. The molecule has 0 bridgehead atoms. The zero-order valence-electron chi connectivity index (χ0n) is 17.0. The van der Waals surface area contributed by atoms with Crippen molar-refractivity contribution in [1.82, 2.24) is 9.73 Å². The van der Waals surface area contributed by atoms with E-state index in [-0.39, 0.29) is 10.5 Å². The molecule has 1 aliphatic heterocycles. The molecule has 160 valence electrons. The van der Waals surface area contributed by atoms with Crippen LogP contribution in [0.1, 0.15) is 35.2 Å². The van der Waals surface area contributed by atoms with Crippen molar-refractivity contribution in [3.05, 3.63) is 53.6 Å². The highest BCUT2D eigenvalue weighted by Crippen LogP contribution is 2.29. The highest BCUT2D eigenvalue weighted by molar-refractivity contribution is 7.89. The molecule has 3 rings (SSSR count). The average Bonchev–Trinajstić information content (AvgIpc) is 2.79. The molecule has 1 saturated heterocycles. The first kappa shape index (κ1) is 21.8. The van der Waals surface area contributed by atoms with Gasteiger partial charge in [0.1, 0.15) is 0 Å². The number of nitrogens with zero attached hydrogens (tertiary/aromatic N) is 2. The summed E-state index contributed by atoms with van der Waals surface area (Å²) in [7, 11) is -0.565. The zero-order valence-corrected chi connectivity index (χ0v) is 17.8. The standard InChI is InChI=1S/C21H25N3O5S/c1-28-19-11-7-9-17(20(19)29-2)15-22-23-21(25)16-8-6-10-18(14-16)30(26,27)24-12-4-3-5-13-24/h6-11,14-15H,3-5,12-13H2,1-2H3,(H,23,25)/b22-15-. The van der Waals surface area contributed by atoms with Gasteiger partial charge in [-0.05, 0) is 43.2 Å². The number of methoxy groups -OCH3 is 2. The summed E-state index contributed by atoms with van der Waals surface area (Å²) in [6.45, 7) is 1.01. The van der Waals surface area contributed by atoms with Crippen LogP contribution in [0.5, 0.6) is 11.5 Å². The molecule has 1 fully saturated rings. The zero-order chi connectivity index (χ0) is 21.6. The second-order valence-electron chi connectivity index (χ2n) is 6.77. The fourth-order valence-electron chi connectivity index (χ4n) is 3.29. The fraction of sp³-hybridized carbons (Fsp3) is 0.333. The van der Waals surface area contributed by atoms with E-state index in [0.717, 1.165) is 19.3 Å². The summed E-state index contributed by atoms with van der Waals surface area (Å²) < 4.78 is 37.7. The second-order valence-corrected chi connectivity index (χ2v) is 8.71. The second kappa shape index (κ2) is 9.73. The summed E-state index contributed by atoms with van der Waals surface area (Å²) >= 11 is 0. The van der Waals surface area contributed by atoms with E-state index in [1.165, 1.54) is 36.9 Å². The third kappa shape index (κ3) is 4.80. The van der Waals surface area contributed by atoms with Crippen molar-refractivity contribution in [3.8, 4) is 11.5 Å². The molecule has 0 aliphatic carbocycles. The lowest BCUT2D eigenvalue weighted by molar-refractivity contribution is 0.0955. The number of sulfonamides is 1. The van der Waals surface area contributed by atoms with Crippen molar-refractivity contribution in [2.75, 3.05) is 27.3 Å². The Hall–Kier alpha value is -2.91. The van der Waals surface area contributed by atoms with Gasteiger partial charge in [0.05, 0.1) is 25.3 Å². The van der Waals surface area contributed by atoms with Crippen molar-refractivity contribution < 1.29 is 22.7 Å². The number of hydrogen-bond donors (Lipinski definition) is 1. The molecular formula is C21H25N3O5S. The minimum atomic E-state index is -3.61. The van der Waals surface area contributed by atoms with Gasteiger partial charge in [-0.15, -0.1) is 0 Å². The molecule has 9 heteroatoms. The summed E-state index contributed by atoms with van der Waals surface area (Å²) in [5.41, 5.74) is 3.25. The maximum atomic E-state index is 12.8. The van der Waals surface area contributed by atoms with Gasteiger partial charge in [0.2, 0.25) is 10.0 Å². The van der Waals surface area contributed by atoms with Crippen LogP contribution in [0.15, 0.2) is 52.5 Å². The Morgan fingerprint density at radius 1 is 1.07 bits per heavy atom. The van der Waals surface area contributed by atoms with E-state index in [1.54, 1.807) is 30.3 Å². The molecule has 1 heterocycles. The van der Waals surface area contributed by atoms with Crippen LogP contribution in [0, 0.1) is 0 Å². The van der Waals surface area contributed by atoms with Crippen LogP contribution in [0.4, 0.5) is 0 Å². The molecule has 30 heavy (non-hydrogen) atoms. The van der Waals surface area contributed by atoms with Gasteiger partial charge in [-0.25, -0.2) is 13.8 Å². The number of rotatable bonds is 7. The third-order valence-electron chi connectivity index (χ3n) is 4.85. The molecular weight excluding hydrogens is 406 g/mol. The minimum absolute atomic E-state index is 0.107. The van der Waals surface area contributed by atoms with E-state index in [4.69, 9.17) is 9.47 Å². The van der Waals surface area contributed by atoms with E-state index in [9.17, 15) is 13.2 Å². The number of hydrazone groups is 1. The lowest BCUT2D eigenvalue weighted by atomic mass is 10.2. The number of carbonyl (C=O) groups excluding carboxylic acids is 1. The van der Waals surface area contributed by atoms with Crippen molar-refractivity contribution in [2.24, 2.45) is 5.10 Å². The number of benzene rings is 2. The molecule has 1 aliphatic rings. The van der Waals surface area contributed by atoms with Gasteiger partial charge in [0, 0.05) is 24.2 Å². The van der Waals surface area contributed by atoms with Gasteiger partial charge in [-0.2, -0.15) is 9.41 Å². The predicted molar refractivity (Wildman–Crippen MR) is 114 cm³/mol. The monoisotopic (exact) mass is 431 g/mol. The van der Waals surface area contributed by atoms with Gasteiger partial charge in [0.15, 0.2) is 11.5 Å². The molecule has 0 unspecified atom stereocenters. The summed E-state index contributed by atoms with van der Waals surface area (Å²) in [6.07, 6.45) is 4.17. The maximum Gasteiger partial charge on any atom is 0.271 e. The Morgan fingerprint density at radius 2 is 1.80 bits per heavy atom. The van der Waals surface area contributed by atoms with Crippen LogP contribution < -0.4 is 14.9 Å². The van der Waals surface area contributed by atoms with Crippen LogP contribution in [0.2, 0.25) is 0 Å². The molecule has 2 aromatic rings. The lowest BCUT2D eigenvalue weighted by Gasteiger charge is -2.25. The molecule has 1 amide bonds. The molecule has 0 saturated carbocycles. The van der Waals surface area contributed by atoms with Gasteiger partial charge >= 0.3 is 0 Å². The Balaban J connectivity index is 1.74. The summed E-state index contributed by atoms with van der Waals surface area (Å²) in [5.74, 6) is 0.528. The van der Waals surface area contributed by atoms with Crippen molar-refractivity contribution in [1.29, 1.82) is 0 Å². The normalized spacial score (nSPS) is 15.1. The largest absolute Gasteiger partial charge is 0.493 e. The van der Waals surface area contributed by atoms with E-state index in [1.807, 2.05) is 0 Å². The Bertz CT molecular complexity index is 1030. The van der Waals surface area contributed by atoms with E-state index in [2.05, 4.69) is 10.5 Å². The Kier molecular flexibility index (Phi) is 7.07. The average molecular weight is 432 g/mol. The molecule has 2 aromatic carbocycles. The number of para-hydroxylation sites is 1. The topological polar surface area (TPSA) is 97.3 Å². The molecule has 0 aromatic heterocycles. The summed E-state index contributed by atoms with van der Waals surface area (Å²) in [6, 6.07) is 11.3. The number of amides is 1. The quantitative estimate of drug-likeness (QED) is 0.537. The first-order valence-electron chi connectivity index (χ1n) is 9.62. The first-order chi connectivity index (χ1) is 14.5. The van der Waals surface area contributed by atoms with Gasteiger partial charge < -0.3 is 9.47 Å². The number of nitrogens with one attached hydrogen (secondary N) is 1. The number of hydrogen-bond acceptors (Lipinski definition) is 6. The number of carbonyl (C=O) groups is 1. The Morgan fingerprint density at radius 3 is 2.50 bits per heavy atom. The van der Waals surface area contributed by atoms with Crippen LogP contribution in [-0.4, -0.2) is 52.2 Å². The highest BCUT2D eigenvalue weighted by atomic mass is 32.2. The summed E-state index contributed by atoms with van der Waals surface area (Å²) in [5, 5.41) is 3.96. The van der Waals surface area contributed by atoms with Gasteiger partial charge in [-0.1, -0.05) is 18.6 Å². The van der Waals surface area contributed by atoms with E-state index in [0.29, 0.717) is 30.2 Å². The molecule has 0 atom stereocenters. The third-order valence-corrected chi connectivity index (χ3v) is 6.75. The van der Waals surface area contributed by atoms with Crippen molar-refractivity contribution in [2.45, 2.75) is 24.2 Å². The van der Waals surface area contributed by atoms with E-state index < -0.39 is 15.9 Å². The molecule has 0 spiro atoms. The first-order valence-corrected chi connectivity index (χ1v) is 11.1. The maximum absolute atomic E-state index is 12.8. The summed E-state index contributed by atoms with van der Waals surface area (Å²) in [4.78, 5) is 12.6. The van der Waals surface area contributed by atoms with Crippen molar-refractivity contribution in [3.63, 3.8) is 0 Å². The van der Waals surface area contributed by atoms with Gasteiger partial charge in [0.25, 0.3) is 5.91 Å². The van der Waals surface area contributed by atoms with Crippen LogP contribution in [-0.2, 0) is 10.0 Å². The van der Waals surface area contributed by atoms with Gasteiger partial charge in [-0.3, -0.25) is 4.79 Å².